The van der Waals surface area contributed by atoms with Crippen molar-refractivity contribution in [2.75, 3.05) is 5.75 Å². The van der Waals surface area contributed by atoms with Crippen LogP contribution in [0, 0.1) is 0 Å². The van der Waals surface area contributed by atoms with Crippen LogP contribution in [-0.2, 0) is 18.4 Å². The number of benzene rings is 1. The average Bonchev–Trinajstić information content (AvgIpc) is 2.84. The summed E-state index contributed by atoms with van der Waals surface area (Å²) >= 11 is 7.38. The zero-order valence-corrected chi connectivity index (χ0v) is 14.8. The number of hydrogen-bond acceptors (Lipinski definition) is 5. The Kier molecular flexibility index (Phi) is 6.29. The highest BCUT2D eigenvalue weighted by Gasteiger charge is 2.12. The van der Waals surface area contributed by atoms with Crippen LogP contribution in [-0.4, -0.2) is 32.5 Å². The van der Waals surface area contributed by atoms with Crippen molar-refractivity contribution in [3.63, 3.8) is 0 Å². The summed E-state index contributed by atoms with van der Waals surface area (Å²) in [5, 5.41) is 12.2. The number of nitrogens with one attached hydrogen (secondary N) is 1. The lowest BCUT2D eigenvalue weighted by Crippen LogP contribution is -2.31. The van der Waals surface area contributed by atoms with Crippen LogP contribution in [0.25, 0.3) is 0 Å². The Morgan fingerprint density at radius 2 is 2.13 bits per heavy atom. The van der Waals surface area contributed by atoms with E-state index in [1.165, 1.54) is 11.8 Å². The summed E-state index contributed by atoms with van der Waals surface area (Å²) in [6, 6.07) is 7.38. The van der Waals surface area contributed by atoms with E-state index in [0.29, 0.717) is 27.5 Å². The SMILES string of the molecule is CC(C)NC(=O)CSc1nnc(COc2ccccc2Cl)n1C. The second-order valence-corrected chi connectivity index (χ2v) is 6.54. The maximum absolute atomic E-state index is 11.7. The molecule has 0 saturated carbocycles. The van der Waals surface area contributed by atoms with Crippen molar-refractivity contribution in [3.05, 3.63) is 35.1 Å². The molecule has 0 fully saturated rings. The third-order valence-corrected chi connectivity index (χ3v) is 4.23. The van der Waals surface area contributed by atoms with Crippen molar-refractivity contribution in [1.29, 1.82) is 0 Å². The van der Waals surface area contributed by atoms with Crippen molar-refractivity contribution >= 4 is 29.3 Å². The van der Waals surface area contributed by atoms with Crippen LogP contribution in [0.5, 0.6) is 5.75 Å². The van der Waals surface area contributed by atoms with Gasteiger partial charge in [0, 0.05) is 13.1 Å². The molecular formula is C15H19ClN4O2S. The summed E-state index contributed by atoms with van der Waals surface area (Å²) in [4.78, 5) is 11.7. The van der Waals surface area contributed by atoms with E-state index >= 15 is 0 Å². The number of ether oxygens (including phenoxy) is 1. The molecule has 2 aromatic rings. The summed E-state index contributed by atoms with van der Waals surface area (Å²) < 4.78 is 7.46. The molecular weight excluding hydrogens is 336 g/mol. The number of para-hydroxylation sites is 1. The number of amides is 1. The molecule has 2 rings (SSSR count). The maximum atomic E-state index is 11.7. The van der Waals surface area contributed by atoms with Crippen LogP contribution in [0.3, 0.4) is 0 Å². The van der Waals surface area contributed by atoms with Gasteiger partial charge in [-0.25, -0.2) is 0 Å². The molecule has 0 radical (unpaired) electrons. The fourth-order valence-corrected chi connectivity index (χ4v) is 2.73. The second kappa shape index (κ2) is 8.21. The largest absolute Gasteiger partial charge is 0.484 e. The predicted octanol–water partition coefficient (Wildman–Crippen LogP) is 2.66. The van der Waals surface area contributed by atoms with Crippen LogP contribution in [0.4, 0.5) is 0 Å². The number of hydrogen-bond donors (Lipinski definition) is 1. The quantitative estimate of drug-likeness (QED) is 0.774. The summed E-state index contributed by atoms with van der Waals surface area (Å²) in [6.45, 7) is 4.11. The smallest absolute Gasteiger partial charge is 0.230 e. The number of halogens is 1. The molecule has 1 aromatic heterocycles. The zero-order valence-electron chi connectivity index (χ0n) is 13.2. The standard InChI is InChI=1S/C15H19ClN4O2S/c1-10(2)17-14(21)9-23-15-19-18-13(20(15)3)8-22-12-7-5-4-6-11(12)16/h4-7,10H,8-9H2,1-3H3,(H,17,21). The Labute approximate surface area is 144 Å². The molecule has 0 aliphatic heterocycles. The molecule has 0 aliphatic rings. The molecule has 0 aliphatic carbocycles. The van der Waals surface area contributed by atoms with Gasteiger partial charge in [0.05, 0.1) is 10.8 Å². The highest BCUT2D eigenvalue weighted by molar-refractivity contribution is 7.99. The van der Waals surface area contributed by atoms with E-state index in [2.05, 4.69) is 15.5 Å². The lowest BCUT2D eigenvalue weighted by atomic mass is 10.3. The summed E-state index contributed by atoms with van der Waals surface area (Å²) in [6.07, 6.45) is 0. The lowest BCUT2D eigenvalue weighted by Gasteiger charge is -2.08. The van der Waals surface area contributed by atoms with Gasteiger partial charge in [-0.2, -0.15) is 0 Å². The molecule has 0 spiro atoms. The van der Waals surface area contributed by atoms with E-state index in [1.807, 2.05) is 37.6 Å². The first-order valence-corrected chi connectivity index (χ1v) is 8.51. The fraction of sp³-hybridized carbons (Fsp3) is 0.400. The summed E-state index contributed by atoms with van der Waals surface area (Å²) in [5.41, 5.74) is 0. The summed E-state index contributed by atoms with van der Waals surface area (Å²) in [7, 11) is 1.84. The highest BCUT2D eigenvalue weighted by atomic mass is 35.5. The number of nitrogens with zero attached hydrogens (tertiary/aromatic N) is 3. The minimum absolute atomic E-state index is 0.0260. The van der Waals surface area contributed by atoms with E-state index < -0.39 is 0 Å². The van der Waals surface area contributed by atoms with Gasteiger partial charge >= 0.3 is 0 Å². The molecule has 8 heteroatoms. The lowest BCUT2D eigenvalue weighted by molar-refractivity contribution is -0.119. The van der Waals surface area contributed by atoms with Gasteiger partial charge < -0.3 is 14.6 Å². The Balaban J connectivity index is 1.91. The molecule has 0 unspecified atom stereocenters. The number of rotatable bonds is 7. The Bertz CT molecular complexity index is 675. The molecule has 1 heterocycles. The Morgan fingerprint density at radius 3 is 2.83 bits per heavy atom. The summed E-state index contributed by atoms with van der Waals surface area (Å²) in [5.74, 6) is 1.54. The van der Waals surface area contributed by atoms with Crippen LogP contribution >= 0.6 is 23.4 Å². The Hall–Kier alpha value is -1.73. The van der Waals surface area contributed by atoms with E-state index in [1.54, 1.807) is 12.1 Å². The molecule has 124 valence electrons. The first-order chi connectivity index (χ1) is 11.0. The molecule has 0 saturated heterocycles. The van der Waals surface area contributed by atoms with Crippen molar-refractivity contribution in [3.8, 4) is 5.75 Å². The van der Waals surface area contributed by atoms with Crippen LogP contribution < -0.4 is 10.1 Å². The van der Waals surface area contributed by atoms with Crippen molar-refractivity contribution < 1.29 is 9.53 Å². The van der Waals surface area contributed by atoms with Gasteiger partial charge in [-0.1, -0.05) is 35.5 Å². The third kappa shape index (κ3) is 5.14. The first kappa shape index (κ1) is 17.6. The van der Waals surface area contributed by atoms with E-state index in [0.717, 1.165) is 0 Å². The fourth-order valence-electron chi connectivity index (χ4n) is 1.79. The number of carbonyl (C=O) groups excluding carboxylic acids is 1. The maximum Gasteiger partial charge on any atom is 0.230 e. The van der Waals surface area contributed by atoms with Gasteiger partial charge in [0.15, 0.2) is 11.0 Å². The van der Waals surface area contributed by atoms with Gasteiger partial charge in [-0.3, -0.25) is 4.79 Å². The number of thioether (sulfide) groups is 1. The van der Waals surface area contributed by atoms with Crippen LogP contribution in [0.15, 0.2) is 29.4 Å². The van der Waals surface area contributed by atoms with E-state index in [9.17, 15) is 4.79 Å². The monoisotopic (exact) mass is 354 g/mol. The van der Waals surface area contributed by atoms with Crippen LogP contribution in [0.1, 0.15) is 19.7 Å². The first-order valence-electron chi connectivity index (χ1n) is 7.15. The molecule has 1 aromatic carbocycles. The minimum Gasteiger partial charge on any atom is -0.484 e. The zero-order chi connectivity index (χ0) is 16.8. The Morgan fingerprint density at radius 1 is 1.39 bits per heavy atom. The molecule has 0 atom stereocenters. The minimum atomic E-state index is -0.0260. The van der Waals surface area contributed by atoms with Crippen molar-refractivity contribution in [1.82, 2.24) is 20.1 Å². The van der Waals surface area contributed by atoms with Gasteiger partial charge in [0.2, 0.25) is 5.91 Å². The van der Waals surface area contributed by atoms with E-state index in [-0.39, 0.29) is 18.6 Å². The average molecular weight is 355 g/mol. The van der Waals surface area contributed by atoms with Gasteiger partial charge in [0.1, 0.15) is 12.4 Å². The molecule has 1 N–H and O–H groups in total. The number of carbonyl (C=O) groups is 1. The number of aromatic nitrogens is 3. The molecule has 1 amide bonds. The van der Waals surface area contributed by atoms with Crippen LogP contribution in [0.2, 0.25) is 5.02 Å². The normalized spacial score (nSPS) is 10.8. The predicted molar refractivity (Wildman–Crippen MR) is 90.8 cm³/mol. The van der Waals surface area contributed by atoms with Gasteiger partial charge in [0.25, 0.3) is 0 Å². The molecule has 23 heavy (non-hydrogen) atoms. The van der Waals surface area contributed by atoms with Crippen molar-refractivity contribution in [2.24, 2.45) is 7.05 Å². The molecule has 6 nitrogen and oxygen atoms in total. The third-order valence-electron chi connectivity index (χ3n) is 2.90. The van der Waals surface area contributed by atoms with Crippen molar-refractivity contribution in [2.45, 2.75) is 31.7 Å². The van der Waals surface area contributed by atoms with Gasteiger partial charge in [-0.15, -0.1) is 10.2 Å². The van der Waals surface area contributed by atoms with E-state index in [4.69, 9.17) is 16.3 Å². The van der Waals surface area contributed by atoms with Gasteiger partial charge in [-0.05, 0) is 26.0 Å². The topological polar surface area (TPSA) is 69.0 Å². The highest BCUT2D eigenvalue weighted by Crippen LogP contribution is 2.24. The molecule has 0 bridgehead atoms. The second-order valence-electron chi connectivity index (χ2n) is 5.19.